The maximum absolute atomic E-state index is 4.82. The number of piperazine rings is 1. The molecule has 2 unspecified atom stereocenters. The van der Waals surface area contributed by atoms with Crippen LogP contribution >= 0.6 is 24.0 Å². The first-order chi connectivity index (χ1) is 10.6. The summed E-state index contributed by atoms with van der Waals surface area (Å²) in [4.78, 5) is 9.64. The van der Waals surface area contributed by atoms with E-state index in [1.807, 2.05) is 0 Å². The van der Waals surface area contributed by atoms with E-state index in [1.165, 1.54) is 25.7 Å². The van der Waals surface area contributed by atoms with Crippen molar-refractivity contribution < 1.29 is 0 Å². The predicted molar refractivity (Wildman–Crippen MR) is 112 cm³/mol. The van der Waals surface area contributed by atoms with Crippen molar-refractivity contribution in [3.63, 3.8) is 0 Å². The Labute approximate surface area is 160 Å². The molecule has 1 saturated heterocycles. The number of nitrogens with one attached hydrogen (secondary N) is 2. The van der Waals surface area contributed by atoms with Crippen LogP contribution in [0.1, 0.15) is 46.5 Å². The van der Waals surface area contributed by atoms with E-state index >= 15 is 0 Å². The molecule has 0 bridgehead atoms. The summed E-state index contributed by atoms with van der Waals surface area (Å²) in [6.07, 6.45) is 5.10. The second-order valence-corrected chi connectivity index (χ2v) is 6.66. The number of hydrogen-bond acceptors (Lipinski definition) is 3. The average molecular weight is 439 g/mol. The van der Waals surface area contributed by atoms with E-state index in [4.69, 9.17) is 4.99 Å². The number of unbranched alkanes of at least 4 members (excludes halogenated alkanes) is 2. The van der Waals surface area contributed by atoms with Gasteiger partial charge in [-0.3, -0.25) is 9.89 Å². The Hall–Kier alpha value is -0.0800. The molecule has 1 aliphatic heterocycles. The maximum atomic E-state index is 4.82. The Morgan fingerprint density at radius 3 is 2.61 bits per heavy atom. The molecule has 1 rings (SSSR count). The highest BCUT2D eigenvalue weighted by Gasteiger charge is 2.21. The molecule has 0 spiro atoms. The fourth-order valence-corrected chi connectivity index (χ4v) is 2.82. The Kier molecular flexibility index (Phi) is 13.2. The minimum absolute atomic E-state index is 0. The topological polar surface area (TPSA) is 42.9 Å². The number of hydrogen-bond donors (Lipinski definition) is 2. The van der Waals surface area contributed by atoms with Gasteiger partial charge in [-0.2, -0.15) is 0 Å². The monoisotopic (exact) mass is 439 g/mol. The molecular weight excluding hydrogens is 401 g/mol. The van der Waals surface area contributed by atoms with Crippen LogP contribution in [0.4, 0.5) is 0 Å². The van der Waals surface area contributed by atoms with Crippen molar-refractivity contribution in [2.24, 2.45) is 4.99 Å². The van der Waals surface area contributed by atoms with Gasteiger partial charge in [-0.1, -0.05) is 26.2 Å². The minimum atomic E-state index is 0. The number of aliphatic imine (C=N–C) groups is 1. The lowest BCUT2D eigenvalue weighted by Crippen LogP contribution is -2.52. The fourth-order valence-electron chi connectivity index (χ4n) is 2.82. The third-order valence-electron chi connectivity index (χ3n) is 4.41. The first kappa shape index (κ1) is 22.9. The van der Waals surface area contributed by atoms with Crippen LogP contribution in [0.5, 0.6) is 0 Å². The number of rotatable bonds is 8. The fraction of sp³-hybridized carbons (Fsp3) is 0.941. The smallest absolute Gasteiger partial charge is 0.191 e. The van der Waals surface area contributed by atoms with Gasteiger partial charge in [0.15, 0.2) is 5.96 Å². The summed E-state index contributed by atoms with van der Waals surface area (Å²) < 4.78 is 0. The average Bonchev–Trinajstić information content (AvgIpc) is 2.48. The number of likely N-dealkylation sites (N-methyl/N-ethyl adjacent to an activating group) is 2. The van der Waals surface area contributed by atoms with Crippen LogP contribution in [-0.2, 0) is 0 Å². The summed E-state index contributed by atoms with van der Waals surface area (Å²) in [5, 5.41) is 6.93. The molecule has 0 aromatic rings. The van der Waals surface area contributed by atoms with Crippen LogP contribution in [0.3, 0.4) is 0 Å². The van der Waals surface area contributed by atoms with Gasteiger partial charge in [0, 0.05) is 38.3 Å². The number of halogens is 1. The van der Waals surface area contributed by atoms with E-state index in [-0.39, 0.29) is 24.0 Å². The van der Waals surface area contributed by atoms with Crippen molar-refractivity contribution in [1.29, 1.82) is 0 Å². The summed E-state index contributed by atoms with van der Waals surface area (Å²) >= 11 is 0. The maximum Gasteiger partial charge on any atom is 0.191 e. The van der Waals surface area contributed by atoms with Gasteiger partial charge in [0.05, 0.1) is 6.54 Å². The van der Waals surface area contributed by atoms with Crippen LogP contribution in [0.15, 0.2) is 4.99 Å². The highest BCUT2D eigenvalue weighted by atomic mass is 127. The van der Waals surface area contributed by atoms with E-state index in [2.05, 4.69) is 55.3 Å². The molecule has 1 fully saturated rings. The normalized spacial score (nSPS) is 21.6. The van der Waals surface area contributed by atoms with E-state index in [0.29, 0.717) is 12.1 Å². The molecule has 0 aliphatic carbocycles. The molecule has 1 heterocycles. The second-order valence-electron chi connectivity index (χ2n) is 6.66. The lowest BCUT2D eigenvalue weighted by atomic mass is 10.1. The van der Waals surface area contributed by atoms with E-state index in [1.54, 1.807) is 0 Å². The zero-order valence-electron chi connectivity index (χ0n) is 15.8. The zero-order chi connectivity index (χ0) is 16.4. The molecule has 2 N–H and O–H groups in total. The van der Waals surface area contributed by atoms with Gasteiger partial charge in [0.1, 0.15) is 0 Å². The Morgan fingerprint density at radius 2 is 1.96 bits per heavy atom. The van der Waals surface area contributed by atoms with E-state index < -0.39 is 0 Å². The lowest BCUT2D eigenvalue weighted by Gasteiger charge is -2.37. The first-order valence-corrected chi connectivity index (χ1v) is 9.00. The van der Waals surface area contributed by atoms with Crippen LogP contribution in [-0.4, -0.2) is 74.7 Å². The standard InChI is InChI=1S/C17H37N5.HI/c1-6-8-9-10-15(3)20-17(18-7-2)19-13-16-14-21(4)11-12-22(16)5;/h15-16H,6-14H2,1-5H3,(H2,18,19,20);1H. The lowest BCUT2D eigenvalue weighted by molar-refractivity contribution is 0.119. The molecule has 23 heavy (non-hydrogen) atoms. The summed E-state index contributed by atoms with van der Waals surface area (Å²) in [7, 11) is 4.41. The summed E-state index contributed by atoms with van der Waals surface area (Å²) in [5.41, 5.74) is 0. The Morgan fingerprint density at radius 1 is 1.22 bits per heavy atom. The first-order valence-electron chi connectivity index (χ1n) is 9.00. The molecule has 6 heteroatoms. The molecule has 5 nitrogen and oxygen atoms in total. The molecule has 0 amide bonds. The van der Waals surface area contributed by atoms with Crippen molar-refractivity contribution >= 4 is 29.9 Å². The minimum Gasteiger partial charge on any atom is -0.357 e. The molecule has 1 aliphatic rings. The Bertz CT molecular complexity index is 324. The SMILES string of the molecule is CCCCCC(C)NC(=NCC1CN(C)CCN1C)NCC.I. The van der Waals surface area contributed by atoms with Gasteiger partial charge >= 0.3 is 0 Å². The third kappa shape index (κ3) is 9.72. The highest BCUT2D eigenvalue weighted by molar-refractivity contribution is 14.0. The summed E-state index contributed by atoms with van der Waals surface area (Å²) in [5.74, 6) is 0.966. The van der Waals surface area contributed by atoms with Gasteiger partial charge in [0.2, 0.25) is 0 Å². The third-order valence-corrected chi connectivity index (χ3v) is 4.41. The van der Waals surface area contributed by atoms with Crippen molar-refractivity contribution in [3.8, 4) is 0 Å². The van der Waals surface area contributed by atoms with Crippen LogP contribution in [0.2, 0.25) is 0 Å². The molecule has 0 saturated carbocycles. The molecular formula is C17H38IN5. The zero-order valence-corrected chi connectivity index (χ0v) is 18.1. The van der Waals surface area contributed by atoms with Crippen molar-refractivity contribution in [2.75, 3.05) is 46.8 Å². The van der Waals surface area contributed by atoms with Gasteiger partial charge < -0.3 is 15.5 Å². The van der Waals surface area contributed by atoms with E-state index in [9.17, 15) is 0 Å². The number of nitrogens with zero attached hydrogens (tertiary/aromatic N) is 3. The molecule has 0 radical (unpaired) electrons. The van der Waals surface area contributed by atoms with Gasteiger partial charge in [-0.25, -0.2) is 0 Å². The van der Waals surface area contributed by atoms with Gasteiger partial charge in [0.25, 0.3) is 0 Å². The summed E-state index contributed by atoms with van der Waals surface area (Å²) in [6.45, 7) is 11.8. The highest BCUT2D eigenvalue weighted by Crippen LogP contribution is 2.06. The second kappa shape index (κ2) is 13.2. The molecule has 0 aromatic carbocycles. The summed E-state index contributed by atoms with van der Waals surface area (Å²) in [6, 6.07) is 1.00. The van der Waals surface area contributed by atoms with Crippen molar-refractivity contribution in [1.82, 2.24) is 20.4 Å². The van der Waals surface area contributed by atoms with Gasteiger partial charge in [-0.05, 0) is 34.4 Å². The van der Waals surface area contributed by atoms with Crippen LogP contribution in [0.25, 0.3) is 0 Å². The predicted octanol–water partition coefficient (Wildman–Crippen LogP) is 2.37. The largest absolute Gasteiger partial charge is 0.357 e. The molecule has 0 aromatic heterocycles. The van der Waals surface area contributed by atoms with Crippen molar-refractivity contribution in [3.05, 3.63) is 0 Å². The quantitative estimate of drug-likeness (QED) is 0.264. The van der Waals surface area contributed by atoms with Crippen LogP contribution in [0, 0.1) is 0 Å². The van der Waals surface area contributed by atoms with E-state index in [0.717, 1.165) is 38.7 Å². The van der Waals surface area contributed by atoms with Gasteiger partial charge in [-0.15, -0.1) is 24.0 Å². The molecule has 138 valence electrons. The Balaban J connectivity index is 0.00000484. The number of guanidine groups is 1. The van der Waals surface area contributed by atoms with Crippen molar-refractivity contribution in [2.45, 2.75) is 58.5 Å². The molecule has 2 atom stereocenters. The van der Waals surface area contributed by atoms with Crippen LogP contribution < -0.4 is 10.6 Å².